The SMILES string of the molecule is COC(=O)Nc1nc(C)cc(C2CC2)n1. The van der Waals surface area contributed by atoms with E-state index in [1.54, 1.807) is 0 Å². The van der Waals surface area contributed by atoms with Crippen molar-refractivity contribution in [2.75, 3.05) is 12.4 Å². The van der Waals surface area contributed by atoms with Gasteiger partial charge in [0.25, 0.3) is 0 Å². The van der Waals surface area contributed by atoms with Crippen LogP contribution >= 0.6 is 0 Å². The summed E-state index contributed by atoms with van der Waals surface area (Å²) in [6.07, 6.45) is 1.81. The van der Waals surface area contributed by atoms with Gasteiger partial charge in [-0.25, -0.2) is 14.8 Å². The second kappa shape index (κ2) is 3.84. The normalized spacial score (nSPS) is 14.8. The van der Waals surface area contributed by atoms with Crippen LogP contribution in [0.1, 0.15) is 30.1 Å². The number of hydrogen-bond donors (Lipinski definition) is 1. The number of nitrogens with one attached hydrogen (secondary N) is 1. The van der Waals surface area contributed by atoms with Crippen LogP contribution in [-0.2, 0) is 4.74 Å². The van der Waals surface area contributed by atoms with Gasteiger partial charge >= 0.3 is 6.09 Å². The van der Waals surface area contributed by atoms with Crippen LogP contribution in [0, 0.1) is 6.92 Å². The van der Waals surface area contributed by atoms with Crippen LogP contribution in [0.15, 0.2) is 6.07 Å². The van der Waals surface area contributed by atoms with E-state index in [1.807, 2.05) is 13.0 Å². The molecule has 15 heavy (non-hydrogen) atoms. The van der Waals surface area contributed by atoms with E-state index in [0.717, 1.165) is 11.4 Å². The third-order valence-electron chi connectivity index (χ3n) is 2.27. The summed E-state index contributed by atoms with van der Waals surface area (Å²) in [5, 5.41) is 2.47. The number of nitrogens with zero attached hydrogens (tertiary/aromatic N) is 2. The molecule has 1 aromatic rings. The maximum atomic E-state index is 11.0. The number of aromatic nitrogens is 2. The Morgan fingerprint density at radius 2 is 2.27 bits per heavy atom. The second-order valence-electron chi connectivity index (χ2n) is 3.65. The number of rotatable bonds is 2. The summed E-state index contributed by atoms with van der Waals surface area (Å²) in [6, 6.07) is 1.96. The number of aryl methyl sites for hydroxylation is 1. The summed E-state index contributed by atoms with van der Waals surface area (Å²) in [6.45, 7) is 1.88. The summed E-state index contributed by atoms with van der Waals surface area (Å²) in [7, 11) is 1.31. The van der Waals surface area contributed by atoms with Crippen molar-refractivity contribution in [1.82, 2.24) is 9.97 Å². The Kier molecular flexibility index (Phi) is 2.53. The zero-order valence-electron chi connectivity index (χ0n) is 8.78. The molecule has 0 atom stereocenters. The minimum atomic E-state index is -0.539. The van der Waals surface area contributed by atoms with Crippen LogP contribution in [-0.4, -0.2) is 23.2 Å². The number of anilines is 1. The van der Waals surface area contributed by atoms with Crippen molar-refractivity contribution in [3.8, 4) is 0 Å². The van der Waals surface area contributed by atoms with Gasteiger partial charge in [-0.05, 0) is 25.8 Å². The topological polar surface area (TPSA) is 64.1 Å². The van der Waals surface area contributed by atoms with Crippen molar-refractivity contribution in [2.45, 2.75) is 25.7 Å². The smallest absolute Gasteiger partial charge is 0.413 e. The number of carbonyl (C=O) groups excluding carboxylic acids is 1. The lowest BCUT2D eigenvalue weighted by Gasteiger charge is -2.05. The first-order valence-corrected chi connectivity index (χ1v) is 4.89. The maximum absolute atomic E-state index is 11.0. The molecular formula is C10H13N3O2. The van der Waals surface area contributed by atoms with Crippen LogP contribution in [0.2, 0.25) is 0 Å². The van der Waals surface area contributed by atoms with Gasteiger partial charge in [0.2, 0.25) is 5.95 Å². The fourth-order valence-corrected chi connectivity index (χ4v) is 1.38. The Labute approximate surface area is 87.9 Å². The largest absolute Gasteiger partial charge is 0.453 e. The fourth-order valence-electron chi connectivity index (χ4n) is 1.38. The van der Waals surface area contributed by atoms with E-state index in [9.17, 15) is 4.79 Å². The summed E-state index contributed by atoms with van der Waals surface area (Å²) >= 11 is 0. The van der Waals surface area contributed by atoms with Crippen molar-refractivity contribution in [1.29, 1.82) is 0 Å². The van der Waals surface area contributed by atoms with Gasteiger partial charge in [0, 0.05) is 17.3 Å². The van der Waals surface area contributed by atoms with Crippen molar-refractivity contribution in [2.24, 2.45) is 0 Å². The van der Waals surface area contributed by atoms with E-state index in [4.69, 9.17) is 0 Å². The summed E-state index contributed by atoms with van der Waals surface area (Å²) in [4.78, 5) is 19.3. The first-order chi connectivity index (χ1) is 7.19. The van der Waals surface area contributed by atoms with Crippen LogP contribution in [0.25, 0.3) is 0 Å². The molecule has 1 heterocycles. The lowest BCUT2D eigenvalue weighted by atomic mass is 10.2. The molecule has 0 bridgehead atoms. The third-order valence-corrected chi connectivity index (χ3v) is 2.27. The predicted molar refractivity (Wildman–Crippen MR) is 54.8 cm³/mol. The number of methoxy groups -OCH3 is 1. The summed E-state index contributed by atoms with van der Waals surface area (Å²) < 4.78 is 4.48. The first kappa shape index (κ1) is 9.89. The molecule has 1 saturated carbocycles. The van der Waals surface area contributed by atoms with E-state index in [1.165, 1.54) is 20.0 Å². The lowest BCUT2D eigenvalue weighted by molar-refractivity contribution is 0.186. The molecule has 80 valence electrons. The van der Waals surface area contributed by atoms with E-state index in [-0.39, 0.29) is 0 Å². The van der Waals surface area contributed by atoms with Gasteiger partial charge in [0.05, 0.1) is 7.11 Å². The Morgan fingerprint density at radius 3 is 2.87 bits per heavy atom. The molecule has 1 aliphatic carbocycles. The number of carbonyl (C=O) groups is 1. The fraction of sp³-hybridized carbons (Fsp3) is 0.500. The molecule has 1 N–H and O–H groups in total. The van der Waals surface area contributed by atoms with Crippen LogP contribution in [0.4, 0.5) is 10.7 Å². The van der Waals surface area contributed by atoms with Crippen LogP contribution in [0.3, 0.4) is 0 Å². The van der Waals surface area contributed by atoms with E-state index in [0.29, 0.717) is 11.9 Å². The highest BCUT2D eigenvalue weighted by Gasteiger charge is 2.25. The average molecular weight is 207 g/mol. The molecule has 1 fully saturated rings. The number of ether oxygens (including phenoxy) is 1. The third kappa shape index (κ3) is 2.43. The molecule has 1 aromatic heterocycles. The second-order valence-corrected chi connectivity index (χ2v) is 3.65. The zero-order valence-corrected chi connectivity index (χ0v) is 8.78. The molecule has 0 aromatic carbocycles. The van der Waals surface area contributed by atoms with Crippen LogP contribution < -0.4 is 5.32 Å². The van der Waals surface area contributed by atoms with Gasteiger partial charge in [0.15, 0.2) is 0 Å². The zero-order chi connectivity index (χ0) is 10.8. The predicted octanol–water partition coefficient (Wildman–Crippen LogP) is 1.84. The highest BCUT2D eigenvalue weighted by Crippen LogP contribution is 2.39. The summed E-state index contributed by atoms with van der Waals surface area (Å²) in [5.74, 6) is 0.869. The highest BCUT2D eigenvalue weighted by molar-refractivity contribution is 5.82. The Balaban J connectivity index is 2.19. The van der Waals surface area contributed by atoms with Crippen molar-refractivity contribution in [3.63, 3.8) is 0 Å². The lowest BCUT2D eigenvalue weighted by Crippen LogP contribution is -2.14. The minimum absolute atomic E-state index is 0.323. The molecule has 0 spiro atoms. The van der Waals surface area contributed by atoms with Crippen molar-refractivity contribution < 1.29 is 9.53 Å². The van der Waals surface area contributed by atoms with E-state index in [2.05, 4.69) is 20.0 Å². The number of hydrogen-bond acceptors (Lipinski definition) is 4. The standard InChI is InChI=1S/C10H13N3O2/c1-6-5-8(7-3-4-7)12-9(11-6)13-10(14)15-2/h5,7H,3-4H2,1-2H3,(H,11,12,13,14). The molecule has 0 radical (unpaired) electrons. The van der Waals surface area contributed by atoms with Gasteiger partial charge in [-0.2, -0.15) is 0 Å². The minimum Gasteiger partial charge on any atom is -0.453 e. The van der Waals surface area contributed by atoms with E-state index >= 15 is 0 Å². The quantitative estimate of drug-likeness (QED) is 0.803. The Hall–Kier alpha value is -1.65. The van der Waals surface area contributed by atoms with Gasteiger partial charge in [-0.1, -0.05) is 0 Å². The number of amides is 1. The van der Waals surface area contributed by atoms with Gasteiger partial charge in [0.1, 0.15) is 0 Å². The van der Waals surface area contributed by atoms with Gasteiger partial charge in [-0.3, -0.25) is 5.32 Å². The Bertz CT molecular complexity index is 388. The monoisotopic (exact) mass is 207 g/mol. The molecule has 0 saturated heterocycles. The first-order valence-electron chi connectivity index (χ1n) is 4.89. The molecular weight excluding hydrogens is 194 g/mol. The average Bonchev–Trinajstić information content (AvgIpc) is 2.99. The molecule has 1 amide bonds. The summed E-state index contributed by atoms with van der Waals surface area (Å²) in [5.41, 5.74) is 1.87. The van der Waals surface area contributed by atoms with Crippen molar-refractivity contribution in [3.05, 3.63) is 17.5 Å². The van der Waals surface area contributed by atoms with Crippen LogP contribution in [0.5, 0.6) is 0 Å². The molecule has 2 rings (SSSR count). The molecule has 5 nitrogen and oxygen atoms in total. The van der Waals surface area contributed by atoms with Gasteiger partial charge in [-0.15, -0.1) is 0 Å². The molecule has 5 heteroatoms. The van der Waals surface area contributed by atoms with E-state index < -0.39 is 6.09 Å². The molecule has 1 aliphatic rings. The highest BCUT2D eigenvalue weighted by atomic mass is 16.5. The molecule has 0 unspecified atom stereocenters. The maximum Gasteiger partial charge on any atom is 0.413 e. The Morgan fingerprint density at radius 1 is 1.53 bits per heavy atom. The van der Waals surface area contributed by atoms with Crippen molar-refractivity contribution >= 4 is 12.0 Å². The molecule has 0 aliphatic heterocycles. The van der Waals surface area contributed by atoms with Gasteiger partial charge < -0.3 is 4.74 Å².